The van der Waals surface area contributed by atoms with Crippen LogP contribution < -0.4 is 0 Å². The van der Waals surface area contributed by atoms with E-state index in [0.29, 0.717) is 11.8 Å². The van der Waals surface area contributed by atoms with E-state index in [1.54, 1.807) is 0 Å². The molecule has 1 rings (SSSR count). The second-order valence-electron chi connectivity index (χ2n) is 4.27. The first-order chi connectivity index (χ1) is 5.22. The van der Waals surface area contributed by atoms with Gasteiger partial charge in [-0.3, -0.25) is 0 Å². The summed E-state index contributed by atoms with van der Waals surface area (Å²) >= 11 is 3.16. The van der Waals surface area contributed by atoms with Gasteiger partial charge in [-0.1, -0.05) is 29.8 Å². The smallest absolute Gasteiger partial charge is 0.171 e. The van der Waals surface area contributed by atoms with Crippen LogP contribution in [-0.4, -0.2) is 11.5 Å². The lowest BCUT2D eigenvalue weighted by Gasteiger charge is -2.19. The maximum atomic E-state index is 12.1. The molecule has 0 saturated heterocycles. The molecular weight excluding hydrogens is 233 g/mol. The third kappa shape index (κ3) is 1.78. The Labute approximate surface area is 78.7 Å². The molecule has 0 nitrogen and oxygen atoms in total. The van der Waals surface area contributed by atoms with Gasteiger partial charge in [0.05, 0.1) is 6.42 Å². The van der Waals surface area contributed by atoms with Gasteiger partial charge in [0.1, 0.15) is 0 Å². The third-order valence-corrected chi connectivity index (χ3v) is 3.96. The molecule has 1 saturated carbocycles. The summed E-state index contributed by atoms with van der Waals surface area (Å²) in [5.74, 6) is 0. The van der Waals surface area contributed by atoms with Crippen molar-refractivity contribution >= 4 is 15.9 Å². The topological polar surface area (TPSA) is 0 Å². The van der Waals surface area contributed by atoms with Crippen molar-refractivity contribution in [3.63, 3.8) is 0 Å². The molecule has 72 valence electrons. The predicted molar refractivity (Wildman–Crippen MR) is 45.3 cm³/mol. The lowest BCUT2D eigenvalue weighted by atomic mass is 9.94. The molecule has 0 aromatic carbocycles. The lowest BCUT2D eigenvalue weighted by molar-refractivity contribution is -0.148. The van der Waals surface area contributed by atoms with Gasteiger partial charge in [-0.15, -0.1) is 0 Å². The zero-order valence-electron chi connectivity index (χ0n) is 7.13. The zero-order chi connectivity index (χ0) is 9.62. The van der Waals surface area contributed by atoms with Gasteiger partial charge in [0.25, 0.3) is 0 Å². The molecule has 0 N–H and O–H groups in total. The van der Waals surface area contributed by atoms with Crippen LogP contribution in [0.25, 0.3) is 0 Å². The first kappa shape index (κ1) is 10.4. The monoisotopic (exact) mass is 244 g/mol. The van der Waals surface area contributed by atoms with E-state index in [9.17, 15) is 13.2 Å². The summed E-state index contributed by atoms with van der Waals surface area (Å²) < 4.78 is 36.3. The number of rotatable bonds is 2. The first-order valence-corrected chi connectivity index (χ1v) is 4.97. The normalized spacial score (nSPS) is 33.5. The van der Waals surface area contributed by atoms with E-state index in [2.05, 4.69) is 15.9 Å². The molecule has 0 aliphatic heterocycles. The fourth-order valence-electron chi connectivity index (χ4n) is 1.76. The molecule has 0 amide bonds. The van der Waals surface area contributed by atoms with Gasteiger partial charge in [-0.2, -0.15) is 13.2 Å². The summed E-state index contributed by atoms with van der Waals surface area (Å²) in [6.45, 7) is 3.78. The van der Waals surface area contributed by atoms with E-state index in [4.69, 9.17) is 0 Å². The summed E-state index contributed by atoms with van der Waals surface area (Å²) in [5.41, 5.74) is -0.683. The fourth-order valence-corrected chi connectivity index (χ4v) is 2.92. The number of hydrogen-bond donors (Lipinski definition) is 0. The van der Waals surface area contributed by atoms with Crippen LogP contribution >= 0.6 is 15.9 Å². The van der Waals surface area contributed by atoms with Crippen LogP contribution in [0.2, 0.25) is 0 Å². The Kier molecular flexibility index (Phi) is 2.27. The van der Waals surface area contributed by atoms with Crippen molar-refractivity contribution in [3.05, 3.63) is 0 Å². The Balaban J connectivity index is 2.62. The van der Waals surface area contributed by atoms with Crippen molar-refractivity contribution in [1.29, 1.82) is 0 Å². The van der Waals surface area contributed by atoms with Gasteiger partial charge in [0.2, 0.25) is 0 Å². The maximum absolute atomic E-state index is 12.1. The summed E-state index contributed by atoms with van der Waals surface area (Å²) in [6.07, 6.45) is -4.01. The highest BCUT2D eigenvalue weighted by Crippen LogP contribution is 2.68. The van der Waals surface area contributed by atoms with Crippen molar-refractivity contribution in [2.75, 3.05) is 5.33 Å². The first-order valence-electron chi connectivity index (χ1n) is 3.85. The second-order valence-corrected chi connectivity index (χ2v) is 4.83. The zero-order valence-corrected chi connectivity index (χ0v) is 8.72. The van der Waals surface area contributed by atoms with Gasteiger partial charge >= 0.3 is 6.18 Å². The molecule has 0 spiro atoms. The highest BCUT2D eigenvalue weighted by atomic mass is 79.9. The van der Waals surface area contributed by atoms with Crippen LogP contribution in [0.4, 0.5) is 13.2 Å². The average molecular weight is 245 g/mol. The fraction of sp³-hybridized carbons (Fsp3) is 1.00. The Morgan fingerprint density at radius 2 is 1.75 bits per heavy atom. The molecule has 0 aromatic heterocycles. The Morgan fingerprint density at radius 3 is 1.83 bits per heavy atom. The van der Waals surface area contributed by atoms with Gasteiger partial charge < -0.3 is 0 Å². The second kappa shape index (κ2) is 2.63. The summed E-state index contributed by atoms with van der Waals surface area (Å²) in [6, 6.07) is 0. The van der Waals surface area contributed by atoms with Crippen LogP contribution in [0, 0.1) is 10.8 Å². The lowest BCUT2D eigenvalue weighted by Crippen LogP contribution is -2.21. The van der Waals surface area contributed by atoms with Gasteiger partial charge in [-0.25, -0.2) is 0 Å². The van der Waals surface area contributed by atoms with Crippen molar-refractivity contribution in [2.45, 2.75) is 32.9 Å². The summed E-state index contributed by atoms with van der Waals surface area (Å²) in [5, 5.41) is 0.451. The quantitative estimate of drug-likeness (QED) is 0.650. The molecule has 0 radical (unpaired) electrons. The van der Waals surface area contributed by atoms with E-state index in [1.807, 2.05) is 13.8 Å². The van der Waals surface area contributed by atoms with Crippen LogP contribution in [0.5, 0.6) is 0 Å². The van der Waals surface area contributed by atoms with Crippen LogP contribution in [0.15, 0.2) is 0 Å². The molecule has 1 fully saturated rings. The van der Waals surface area contributed by atoms with E-state index in [-0.39, 0.29) is 5.41 Å². The largest absolute Gasteiger partial charge is 0.389 e. The van der Waals surface area contributed by atoms with Gasteiger partial charge in [0, 0.05) is 5.33 Å². The van der Waals surface area contributed by atoms with E-state index >= 15 is 0 Å². The minimum Gasteiger partial charge on any atom is -0.171 e. The SMILES string of the molecule is CC1(C)CC1(CBr)CC(F)(F)F. The standard InChI is InChI=1S/C8H12BrF3/c1-6(2)3-7(6,5-9)4-8(10,11)12/h3-5H2,1-2H3. The summed E-state index contributed by atoms with van der Waals surface area (Å²) in [7, 11) is 0. The Hall–Kier alpha value is 0.270. The third-order valence-electron chi connectivity index (χ3n) is 2.89. The van der Waals surface area contributed by atoms with E-state index in [0.717, 1.165) is 0 Å². The molecule has 1 unspecified atom stereocenters. The van der Waals surface area contributed by atoms with Crippen LogP contribution in [0.3, 0.4) is 0 Å². The molecule has 1 aliphatic rings. The van der Waals surface area contributed by atoms with Crippen LogP contribution in [-0.2, 0) is 0 Å². The number of alkyl halides is 4. The van der Waals surface area contributed by atoms with E-state index in [1.165, 1.54) is 0 Å². The molecule has 0 bridgehead atoms. The molecule has 0 heterocycles. The molecule has 0 aromatic rings. The molecular formula is C8H12BrF3. The molecule has 1 atom stereocenters. The minimum atomic E-state index is -4.03. The van der Waals surface area contributed by atoms with Crippen molar-refractivity contribution in [2.24, 2.45) is 10.8 Å². The van der Waals surface area contributed by atoms with Crippen LogP contribution in [0.1, 0.15) is 26.7 Å². The van der Waals surface area contributed by atoms with Crippen molar-refractivity contribution in [3.8, 4) is 0 Å². The minimum absolute atomic E-state index is 0.147. The number of hydrogen-bond acceptors (Lipinski definition) is 0. The summed E-state index contributed by atoms with van der Waals surface area (Å²) in [4.78, 5) is 0. The maximum Gasteiger partial charge on any atom is 0.389 e. The Morgan fingerprint density at radius 1 is 1.33 bits per heavy atom. The van der Waals surface area contributed by atoms with Crippen molar-refractivity contribution in [1.82, 2.24) is 0 Å². The highest BCUT2D eigenvalue weighted by Gasteiger charge is 2.63. The van der Waals surface area contributed by atoms with Gasteiger partial charge in [0.15, 0.2) is 0 Å². The Bertz CT molecular complexity index is 185. The van der Waals surface area contributed by atoms with E-state index < -0.39 is 18.0 Å². The molecule has 12 heavy (non-hydrogen) atoms. The average Bonchev–Trinajstić information content (AvgIpc) is 2.30. The molecule has 1 aliphatic carbocycles. The highest BCUT2D eigenvalue weighted by molar-refractivity contribution is 9.09. The molecule has 4 heteroatoms. The van der Waals surface area contributed by atoms with Gasteiger partial charge in [-0.05, 0) is 17.3 Å². The predicted octanol–water partition coefficient (Wildman–Crippen LogP) is 3.75. The van der Waals surface area contributed by atoms with Crippen molar-refractivity contribution < 1.29 is 13.2 Å². The number of halogens is 4.